The van der Waals surface area contributed by atoms with Gasteiger partial charge < -0.3 is 0 Å². The van der Waals surface area contributed by atoms with Crippen LogP contribution in [0, 0.1) is 13.8 Å². The Morgan fingerprint density at radius 2 is 2.00 bits per heavy atom. The van der Waals surface area contributed by atoms with Gasteiger partial charge >= 0.3 is 0 Å². The lowest BCUT2D eigenvalue weighted by molar-refractivity contribution is 1.29. The van der Waals surface area contributed by atoms with Gasteiger partial charge in [0.2, 0.25) is 0 Å². The average Bonchev–Trinajstić information content (AvgIpc) is 2.01. The van der Waals surface area contributed by atoms with Crippen molar-refractivity contribution < 1.29 is 0 Å². The number of benzene rings is 1. The molecule has 0 saturated carbocycles. The molecule has 0 aliphatic carbocycles. The molecule has 0 bridgehead atoms. The first-order valence-corrected chi connectivity index (χ1v) is 5.37. The van der Waals surface area contributed by atoms with E-state index in [1.165, 1.54) is 11.1 Å². The van der Waals surface area contributed by atoms with Crippen LogP contribution in [0.4, 0.5) is 0 Å². The molecular formula is C9H10ClI. The molecule has 0 nitrogen and oxygen atoms in total. The minimum absolute atomic E-state index is 0.916. The van der Waals surface area contributed by atoms with E-state index >= 15 is 0 Å². The molecule has 11 heavy (non-hydrogen) atoms. The van der Waals surface area contributed by atoms with Gasteiger partial charge in [-0.2, -0.15) is 0 Å². The smallest absolute Gasteiger partial charge is 0.0467 e. The van der Waals surface area contributed by atoms with Crippen LogP contribution >= 0.6 is 34.2 Å². The molecule has 0 fully saturated rings. The third kappa shape index (κ3) is 1.88. The fourth-order valence-electron chi connectivity index (χ4n) is 1.01. The van der Waals surface area contributed by atoms with Crippen molar-refractivity contribution in [2.75, 3.05) is 0 Å². The Hall–Kier alpha value is 0.240. The lowest BCUT2D eigenvalue weighted by Gasteiger charge is -2.06. The highest BCUT2D eigenvalue weighted by Crippen LogP contribution is 2.24. The van der Waals surface area contributed by atoms with Crippen LogP contribution in [-0.2, 0) is 4.43 Å². The van der Waals surface area contributed by atoms with E-state index in [-0.39, 0.29) is 0 Å². The molecule has 1 rings (SSSR count). The number of rotatable bonds is 1. The van der Waals surface area contributed by atoms with E-state index in [1.807, 2.05) is 6.92 Å². The molecule has 0 atom stereocenters. The Balaban J connectivity index is 3.25. The van der Waals surface area contributed by atoms with E-state index in [2.05, 4.69) is 41.6 Å². The van der Waals surface area contributed by atoms with Crippen molar-refractivity contribution in [3.63, 3.8) is 0 Å². The summed E-state index contributed by atoms with van der Waals surface area (Å²) >= 11 is 8.41. The van der Waals surface area contributed by atoms with Crippen molar-refractivity contribution in [1.29, 1.82) is 0 Å². The van der Waals surface area contributed by atoms with Gasteiger partial charge in [0.15, 0.2) is 0 Å². The number of hydrogen-bond acceptors (Lipinski definition) is 0. The Morgan fingerprint density at radius 3 is 2.55 bits per heavy atom. The lowest BCUT2D eigenvalue weighted by Crippen LogP contribution is -1.87. The summed E-state index contributed by atoms with van der Waals surface area (Å²) in [4.78, 5) is 0. The SMILES string of the molecule is Cc1ccc(CI)c(C)c1Cl. The van der Waals surface area contributed by atoms with Gasteiger partial charge in [0.05, 0.1) is 0 Å². The molecule has 0 amide bonds. The second kappa shape index (κ2) is 3.76. The van der Waals surface area contributed by atoms with Gasteiger partial charge in [-0.1, -0.05) is 46.3 Å². The molecular weight excluding hydrogens is 270 g/mol. The normalized spacial score (nSPS) is 10.2. The van der Waals surface area contributed by atoms with Crippen molar-refractivity contribution >= 4 is 34.2 Å². The van der Waals surface area contributed by atoms with E-state index in [1.54, 1.807) is 0 Å². The quantitative estimate of drug-likeness (QED) is 0.541. The number of halogens is 2. The highest BCUT2D eigenvalue weighted by atomic mass is 127. The highest BCUT2D eigenvalue weighted by Gasteiger charge is 2.02. The lowest BCUT2D eigenvalue weighted by atomic mass is 10.1. The largest absolute Gasteiger partial charge is 0.0838 e. The maximum absolute atomic E-state index is 6.06. The summed E-state index contributed by atoms with van der Waals surface area (Å²) in [6, 6.07) is 4.21. The second-order valence-corrected chi connectivity index (χ2v) is 3.75. The summed E-state index contributed by atoms with van der Waals surface area (Å²) in [5.41, 5.74) is 3.72. The van der Waals surface area contributed by atoms with Gasteiger partial charge in [-0.3, -0.25) is 0 Å². The van der Waals surface area contributed by atoms with Gasteiger partial charge in [0.1, 0.15) is 0 Å². The Kier molecular flexibility index (Phi) is 3.19. The minimum Gasteiger partial charge on any atom is -0.0838 e. The van der Waals surface area contributed by atoms with Crippen molar-refractivity contribution in [2.24, 2.45) is 0 Å². The van der Waals surface area contributed by atoms with Crippen molar-refractivity contribution in [1.82, 2.24) is 0 Å². The van der Waals surface area contributed by atoms with E-state index in [4.69, 9.17) is 11.6 Å². The van der Waals surface area contributed by atoms with E-state index in [9.17, 15) is 0 Å². The summed E-state index contributed by atoms with van der Waals surface area (Å²) in [6.45, 7) is 4.11. The molecule has 0 unspecified atom stereocenters. The van der Waals surface area contributed by atoms with Crippen LogP contribution in [0.2, 0.25) is 5.02 Å². The van der Waals surface area contributed by atoms with Crippen LogP contribution < -0.4 is 0 Å². The molecule has 0 aliphatic rings. The molecule has 60 valence electrons. The Labute approximate surface area is 86.1 Å². The predicted molar refractivity (Wildman–Crippen MR) is 58.7 cm³/mol. The molecule has 1 aromatic carbocycles. The van der Waals surface area contributed by atoms with E-state index in [0.717, 1.165) is 15.0 Å². The summed E-state index contributed by atoms with van der Waals surface area (Å²) in [6.07, 6.45) is 0. The minimum atomic E-state index is 0.916. The van der Waals surface area contributed by atoms with E-state index in [0.29, 0.717) is 0 Å². The number of hydrogen-bond donors (Lipinski definition) is 0. The molecule has 0 heterocycles. The van der Waals surface area contributed by atoms with Crippen molar-refractivity contribution in [3.05, 3.63) is 33.8 Å². The number of alkyl halides is 1. The third-order valence-electron chi connectivity index (χ3n) is 1.84. The molecule has 0 N–H and O–H groups in total. The fourth-order valence-corrected chi connectivity index (χ4v) is 2.02. The summed E-state index contributed by atoms with van der Waals surface area (Å²) in [5, 5.41) is 0.916. The molecule has 0 aromatic heterocycles. The zero-order chi connectivity index (χ0) is 8.43. The van der Waals surface area contributed by atoms with Gasteiger partial charge in [-0.15, -0.1) is 0 Å². The molecule has 0 aliphatic heterocycles. The van der Waals surface area contributed by atoms with Gasteiger partial charge in [0.25, 0.3) is 0 Å². The average molecular weight is 281 g/mol. The molecule has 1 aromatic rings. The zero-order valence-corrected chi connectivity index (χ0v) is 9.53. The fraction of sp³-hybridized carbons (Fsp3) is 0.333. The summed E-state index contributed by atoms with van der Waals surface area (Å²) < 4.78 is 1.03. The van der Waals surface area contributed by atoms with Crippen LogP contribution in [0.15, 0.2) is 12.1 Å². The topological polar surface area (TPSA) is 0 Å². The second-order valence-electron chi connectivity index (χ2n) is 2.61. The van der Waals surface area contributed by atoms with Crippen LogP contribution in [0.3, 0.4) is 0 Å². The van der Waals surface area contributed by atoms with Crippen LogP contribution in [0.25, 0.3) is 0 Å². The maximum atomic E-state index is 6.06. The standard InChI is InChI=1S/C9H10ClI/c1-6-3-4-8(5-11)7(2)9(6)10/h3-4H,5H2,1-2H3. The predicted octanol–water partition coefficient (Wildman–Crippen LogP) is 3.89. The Bertz CT molecular complexity index is 269. The number of aryl methyl sites for hydroxylation is 1. The van der Waals surface area contributed by atoms with E-state index < -0.39 is 0 Å². The zero-order valence-electron chi connectivity index (χ0n) is 6.62. The van der Waals surface area contributed by atoms with Crippen LogP contribution in [-0.4, -0.2) is 0 Å². The summed E-state index contributed by atoms with van der Waals surface area (Å²) in [7, 11) is 0. The third-order valence-corrected chi connectivity index (χ3v) is 3.24. The first kappa shape index (κ1) is 9.33. The molecule has 2 heteroatoms. The Morgan fingerprint density at radius 1 is 1.36 bits per heavy atom. The summed E-state index contributed by atoms with van der Waals surface area (Å²) in [5.74, 6) is 0. The van der Waals surface area contributed by atoms with Crippen molar-refractivity contribution in [2.45, 2.75) is 18.3 Å². The van der Waals surface area contributed by atoms with Crippen molar-refractivity contribution in [3.8, 4) is 0 Å². The van der Waals surface area contributed by atoms with Gasteiger partial charge in [-0.05, 0) is 30.5 Å². The highest BCUT2D eigenvalue weighted by molar-refractivity contribution is 14.1. The molecule has 0 saturated heterocycles. The monoisotopic (exact) mass is 280 g/mol. The van der Waals surface area contributed by atoms with Crippen LogP contribution in [0.1, 0.15) is 16.7 Å². The first-order valence-electron chi connectivity index (χ1n) is 3.47. The molecule has 0 spiro atoms. The van der Waals surface area contributed by atoms with Gasteiger partial charge in [-0.25, -0.2) is 0 Å². The maximum Gasteiger partial charge on any atom is 0.0467 e. The van der Waals surface area contributed by atoms with Gasteiger partial charge in [0, 0.05) is 9.45 Å². The molecule has 0 radical (unpaired) electrons. The van der Waals surface area contributed by atoms with Crippen LogP contribution in [0.5, 0.6) is 0 Å². The first-order chi connectivity index (χ1) is 5.16.